The Kier molecular flexibility index (Phi) is 4.96. The summed E-state index contributed by atoms with van der Waals surface area (Å²) in [5.41, 5.74) is -0.940. The van der Waals surface area contributed by atoms with Gasteiger partial charge in [0.1, 0.15) is 0 Å². The molecule has 1 fully saturated rings. The van der Waals surface area contributed by atoms with E-state index in [-0.39, 0.29) is 29.5 Å². The number of halogens is 3. The van der Waals surface area contributed by atoms with E-state index in [2.05, 4.69) is 0 Å². The first kappa shape index (κ1) is 18.7. The molecule has 2 unspecified atom stereocenters. The molecule has 1 saturated heterocycles. The van der Waals surface area contributed by atoms with Crippen molar-refractivity contribution >= 4 is 16.0 Å². The predicted octanol–water partition coefficient (Wildman–Crippen LogP) is 2.75. The maximum atomic E-state index is 12.7. The van der Waals surface area contributed by atoms with Crippen molar-refractivity contribution in [2.75, 3.05) is 13.1 Å². The first-order chi connectivity index (χ1) is 10.9. The summed E-state index contributed by atoms with van der Waals surface area (Å²) < 4.78 is 64.7. The van der Waals surface area contributed by atoms with Crippen LogP contribution in [0.5, 0.6) is 0 Å². The molecular formula is C15H18F3NO4S. The molecule has 2 atom stereocenters. The van der Waals surface area contributed by atoms with Crippen molar-refractivity contribution in [3.05, 3.63) is 29.3 Å². The van der Waals surface area contributed by atoms with Gasteiger partial charge in [0.25, 0.3) is 0 Å². The maximum Gasteiger partial charge on any atom is 0.416 e. The molecule has 0 amide bonds. The summed E-state index contributed by atoms with van der Waals surface area (Å²) >= 11 is 0. The molecule has 1 aromatic carbocycles. The normalized spacial score (nSPS) is 23.2. The van der Waals surface area contributed by atoms with Crippen molar-refractivity contribution in [3.63, 3.8) is 0 Å². The molecule has 1 aliphatic rings. The third-order valence-electron chi connectivity index (χ3n) is 4.10. The van der Waals surface area contributed by atoms with Gasteiger partial charge in [0, 0.05) is 13.1 Å². The SMILES string of the molecule is Cc1cc(C(F)(F)F)ccc1S(=O)(=O)N1CC(C)CC(C(=O)O)C1. The highest BCUT2D eigenvalue weighted by Crippen LogP contribution is 2.33. The molecule has 0 bridgehead atoms. The zero-order valence-electron chi connectivity index (χ0n) is 13.2. The molecule has 0 aromatic heterocycles. The van der Waals surface area contributed by atoms with Gasteiger partial charge in [-0.1, -0.05) is 6.92 Å². The fourth-order valence-electron chi connectivity index (χ4n) is 2.93. The summed E-state index contributed by atoms with van der Waals surface area (Å²) in [6.07, 6.45) is -4.19. The summed E-state index contributed by atoms with van der Waals surface area (Å²) in [6, 6.07) is 2.44. The van der Waals surface area contributed by atoms with Crippen molar-refractivity contribution in [3.8, 4) is 0 Å². The van der Waals surface area contributed by atoms with E-state index < -0.39 is 33.7 Å². The lowest BCUT2D eigenvalue weighted by Crippen LogP contribution is -2.45. The lowest BCUT2D eigenvalue weighted by atomic mass is 9.92. The van der Waals surface area contributed by atoms with Gasteiger partial charge in [-0.05, 0) is 43.0 Å². The molecule has 0 aliphatic carbocycles. The molecule has 0 spiro atoms. The Bertz CT molecular complexity index is 746. The number of carboxylic acids is 1. The lowest BCUT2D eigenvalue weighted by Gasteiger charge is -2.34. The van der Waals surface area contributed by atoms with E-state index in [1.165, 1.54) is 6.92 Å². The first-order valence-corrected chi connectivity index (χ1v) is 8.77. The number of benzene rings is 1. The van der Waals surface area contributed by atoms with Crippen LogP contribution < -0.4 is 0 Å². The number of aryl methyl sites for hydroxylation is 1. The quantitative estimate of drug-likeness (QED) is 0.894. The molecule has 2 rings (SSSR count). The molecule has 1 aliphatic heterocycles. The molecule has 9 heteroatoms. The lowest BCUT2D eigenvalue weighted by molar-refractivity contribution is -0.143. The highest BCUT2D eigenvalue weighted by atomic mass is 32.2. The largest absolute Gasteiger partial charge is 0.481 e. The molecule has 134 valence electrons. The van der Waals surface area contributed by atoms with Crippen molar-refractivity contribution in [2.45, 2.75) is 31.3 Å². The number of aliphatic carboxylic acids is 1. The van der Waals surface area contributed by atoms with Crippen LogP contribution in [-0.4, -0.2) is 36.9 Å². The Balaban J connectivity index is 2.38. The molecule has 1 heterocycles. The van der Waals surface area contributed by atoms with Crippen molar-refractivity contribution in [2.24, 2.45) is 11.8 Å². The van der Waals surface area contributed by atoms with Crippen molar-refractivity contribution < 1.29 is 31.5 Å². The Hall–Kier alpha value is -1.61. The van der Waals surface area contributed by atoms with E-state index in [4.69, 9.17) is 5.11 Å². The zero-order chi connectivity index (χ0) is 18.3. The van der Waals surface area contributed by atoms with Crippen molar-refractivity contribution in [1.82, 2.24) is 4.31 Å². The summed E-state index contributed by atoms with van der Waals surface area (Å²) in [4.78, 5) is 11.0. The topological polar surface area (TPSA) is 74.7 Å². The van der Waals surface area contributed by atoms with Gasteiger partial charge >= 0.3 is 12.1 Å². The summed E-state index contributed by atoms with van der Waals surface area (Å²) in [5, 5.41) is 9.14. The second kappa shape index (κ2) is 6.36. The molecule has 1 N–H and O–H groups in total. The fraction of sp³-hybridized carbons (Fsp3) is 0.533. The number of alkyl halides is 3. The molecule has 24 heavy (non-hydrogen) atoms. The minimum atomic E-state index is -4.55. The van der Waals surface area contributed by atoms with Crippen LogP contribution in [0.2, 0.25) is 0 Å². The van der Waals surface area contributed by atoms with Crippen LogP contribution in [0, 0.1) is 18.8 Å². The van der Waals surface area contributed by atoms with Gasteiger partial charge in [-0.3, -0.25) is 4.79 Å². The molecule has 0 saturated carbocycles. The summed E-state index contributed by atoms with van der Waals surface area (Å²) in [7, 11) is -4.05. The average Bonchev–Trinajstić information content (AvgIpc) is 2.45. The van der Waals surface area contributed by atoms with Gasteiger partial charge < -0.3 is 5.11 Å². The number of piperidine rings is 1. The van der Waals surface area contributed by atoms with Crippen LogP contribution in [0.15, 0.2) is 23.1 Å². The number of sulfonamides is 1. The Morgan fingerprint density at radius 1 is 1.29 bits per heavy atom. The van der Waals surface area contributed by atoms with Crippen LogP contribution in [-0.2, 0) is 21.0 Å². The number of rotatable bonds is 3. The van der Waals surface area contributed by atoms with Crippen molar-refractivity contribution in [1.29, 1.82) is 0 Å². The first-order valence-electron chi connectivity index (χ1n) is 7.33. The molecule has 0 radical (unpaired) electrons. The third-order valence-corrected chi connectivity index (χ3v) is 6.09. The van der Waals surface area contributed by atoms with Gasteiger partial charge in [-0.2, -0.15) is 17.5 Å². The standard InChI is InChI=1S/C15H18F3NO4S/c1-9-5-11(14(20)21)8-19(7-9)24(22,23)13-4-3-12(6-10(13)2)15(16,17)18/h3-4,6,9,11H,5,7-8H2,1-2H3,(H,20,21). The van der Waals surface area contributed by atoms with Gasteiger partial charge in [0.2, 0.25) is 10.0 Å². The maximum absolute atomic E-state index is 12.7. The molecular weight excluding hydrogens is 347 g/mol. The van der Waals surface area contributed by atoms with Crippen LogP contribution >= 0.6 is 0 Å². The van der Waals surface area contributed by atoms with Gasteiger partial charge in [-0.25, -0.2) is 8.42 Å². The number of hydrogen-bond acceptors (Lipinski definition) is 3. The Morgan fingerprint density at radius 2 is 1.92 bits per heavy atom. The monoisotopic (exact) mass is 365 g/mol. The highest BCUT2D eigenvalue weighted by molar-refractivity contribution is 7.89. The van der Waals surface area contributed by atoms with E-state index in [1.807, 2.05) is 0 Å². The third kappa shape index (κ3) is 3.72. The van der Waals surface area contributed by atoms with E-state index in [0.29, 0.717) is 6.42 Å². The van der Waals surface area contributed by atoms with Crippen LogP contribution in [0.25, 0.3) is 0 Å². The van der Waals surface area contributed by atoms with E-state index in [1.54, 1.807) is 6.92 Å². The van der Waals surface area contributed by atoms with Crippen LogP contribution in [0.4, 0.5) is 13.2 Å². The van der Waals surface area contributed by atoms with Crippen LogP contribution in [0.3, 0.4) is 0 Å². The second-order valence-corrected chi connectivity index (χ2v) is 8.08. The zero-order valence-corrected chi connectivity index (χ0v) is 14.0. The summed E-state index contributed by atoms with van der Waals surface area (Å²) in [6.45, 7) is 3.01. The minimum absolute atomic E-state index is 0.0186. The fourth-order valence-corrected chi connectivity index (χ4v) is 4.74. The molecule has 1 aromatic rings. The Labute approximate surface area is 138 Å². The van der Waals surface area contributed by atoms with E-state index in [0.717, 1.165) is 22.5 Å². The Morgan fingerprint density at radius 3 is 2.42 bits per heavy atom. The van der Waals surface area contributed by atoms with Gasteiger partial charge in [-0.15, -0.1) is 0 Å². The van der Waals surface area contributed by atoms with E-state index >= 15 is 0 Å². The predicted molar refractivity (Wildman–Crippen MR) is 79.8 cm³/mol. The minimum Gasteiger partial charge on any atom is -0.481 e. The van der Waals surface area contributed by atoms with Gasteiger partial charge in [0.15, 0.2) is 0 Å². The van der Waals surface area contributed by atoms with E-state index in [9.17, 15) is 26.4 Å². The summed E-state index contributed by atoms with van der Waals surface area (Å²) in [5.74, 6) is -2.05. The smallest absolute Gasteiger partial charge is 0.416 e. The number of carboxylic acid groups (broad SMARTS) is 1. The second-order valence-electron chi connectivity index (χ2n) is 6.18. The van der Waals surface area contributed by atoms with Gasteiger partial charge in [0.05, 0.1) is 16.4 Å². The molecule has 5 nitrogen and oxygen atoms in total. The number of nitrogens with zero attached hydrogens (tertiary/aromatic N) is 1. The van der Waals surface area contributed by atoms with Crippen LogP contribution in [0.1, 0.15) is 24.5 Å². The average molecular weight is 365 g/mol. The number of hydrogen-bond donors (Lipinski definition) is 1. The number of carbonyl (C=O) groups is 1. The highest BCUT2D eigenvalue weighted by Gasteiger charge is 2.37.